The van der Waals surface area contributed by atoms with Crippen LogP contribution in [0.25, 0.3) is 0 Å². The molecule has 0 saturated heterocycles. The highest BCUT2D eigenvalue weighted by Gasteiger charge is 2.12. The van der Waals surface area contributed by atoms with Gasteiger partial charge >= 0.3 is 0 Å². The van der Waals surface area contributed by atoms with Crippen LogP contribution in [0, 0.1) is 4.77 Å². The summed E-state index contributed by atoms with van der Waals surface area (Å²) in [4.78, 5) is 0. The maximum absolute atomic E-state index is 5.00. The Bertz CT molecular complexity index is 599. The Morgan fingerprint density at radius 1 is 1.28 bits per heavy atom. The lowest BCUT2D eigenvalue weighted by molar-refractivity contribution is 0.590. The van der Waals surface area contributed by atoms with E-state index in [2.05, 4.69) is 48.2 Å². The van der Waals surface area contributed by atoms with Gasteiger partial charge in [-0.05, 0) is 28.8 Å². The number of hydrogen-bond acceptors (Lipinski definition) is 3. The van der Waals surface area contributed by atoms with Crippen molar-refractivity contribution >= 4 is 18.4 Å². The number of nitrogens with one attached hydrogen (secondary N) is 1. The first-order chi connectivity index (χ1) is 8.47. The Balaban J connectivity index is 2.19. The number of hydrogen-bond donors (Lipinski definition) is 1. The van der Waals surface area contributed by atoms with Crippen molar-refractivity contribution in [2.75, 3.05) is 0 Å². The van der Waals surface area contributed by atoms with Crippen molar-refractivity contribution in [3.63, 3.8) is 0 Å². The lowest BCUT2D eigenvalue weighted by Gasteiger charge is -2.18. The predicted octanol–water partition coefficient (Wildman–Crippen LogP) is 3.12. The summed E-state index contributed by atoms with van der Waals surface area (Å²) in [6, 6.07) is 8.34. The molecule has 1 aromatic carbocycles. The molecule has 18 heavy (non-hydrogen) atoms. The van der Waals surface area contributed by atoms with Gasteiger partial charge in [-0.3, -0.25) is 5.10 Å². The maximum atomic E-state index is 5.00. The van der Waals surface area contributed by atoms with Crippen LogP contribution in [0.3, 0.4) is 0 Å². The number of aromatic amines is 1. The highest BCUT2D eigenvalue weighted by Crippen LogP contribution is 2.21. The van der Waals surface area contributed by atoms with Crippen molar-refractivity contribution in [3.8, 4) is 0 Å². The van der Waals surface area contributed by atoms with Crippen LogP contribution in [0.1, 0.15) is 31.9 Å². The third-order valence-corrected chi connectivity index (χ3v) is 2.92. The van der Waals surface area contributed by atoms with Crippen molar-refractivity contribution < 1.29 is 0 Å². The maximum Gasteiger partial charge on any atom is 0.216 e. The van der Waals surface area contributed by atoms with Crippen molar-refractivity contribution in [1.82, 2.24) is 14.9 Å². The zero-order valence-electron chi connectivity index (χ0n) is 10.7. The van der Waals surface area contributed by atoms with Gasteiger partial charge in [0, 0.05) is 0 Å². The number of H-pyrrole nitrogens is 1. The van der Waals surface area contributed by atoms with Gasteiger partial charge in [-0.25, -0.2) is 0 Å². The SMILES string of the molecule is CC(C)(C)c1ccc(C=Nn2cn[nH]c2=S)cc1. The van der Waals surface area contributed by atoms with Gasteiger partial charge in [-0.15, -0.1) is 0 Å². The summed E-state index contributed by atoms with van der Waals surface area (Å²) in [5, 5.41) is 10.7. The van der Waals surface area contributed by atoms with E-state index in [1.54, 1.807) is 12.5 Å². The Labute approximate surface area is 111 Å². The van der Waals surface area contributed by atoms with Gasteiger partial charge in [-0.1, -0.05) is 45.0 Å². The zero-order chi connectivity index (χ0) is 13.2. The lowest BCUT2D eigenvalue weighted by Crippen LogP contribution is -2.10. The monoisotopic (exact) mass is 260 g/mol. The summed E-state index contributed by atoms with van der Waals surface area (Å²) in [6.07, 6.45) is 3.31. The van der Waals surface area contributed by atoms with E-state index in [0.29, 0.717) is 4.77 Å². The second-order valence-corrected chi connectivity index (χ2v) is 5.51. The third-order valence-electron chi connectivity index (χ3n) is 2.64. The molecule has 0 atom stereocenters. The molecule has 1 heterocycles. The highest BCUT2D eigenvalue weighted by atomic mass is 32.1. The predicted molar refractivity (Wildman–Crippen MR) is 75.5 cm³/mol. The van der Waals surface area contributed by atoms with Crippen LogP contribution >= 0.6 is 12.2 Å². The van der Waals surface area contributed by atoms with Crippen molar-refractivity contribution in [1.29, 1.82) is 0 Å². The highest BCUT2D eigenvalue weighted by molar-refractivity contribution is 7.71. The molecular weight excluding hydrogens is 244 g/mol. The van der Waals surface area contributed by atoms with E-state index in [9.17, 15) is 0 Å². The van der Waals surface area contributed by atoms with Gasteiger partial charge in [0.2, 0.25) is 4.77 Å². The third kappa shape index (κ3) is 2.92. The van der Waals surface area contributed by atoms with Crippen LogP contribution < -0.4 is 0 Å². The van der Waals surface area contributed by atoms with Crippen molar-refractivity contribution in [3.05, 3.63) is 46.5 Å². The quantitative estimate of drug-likeness (QED) is 0.666. The Morgan fingerprint density at radius 2 is 1.94 bits per heavy atom. The standard InChI is InChI=1S/C13H16N4S/c1-13(2,3)11-6-4-10(5-7-11)8-15-17-9-14-16-12(17)18/h4-9H,1-3H3,(H,16,18). The molecule has 0 aliphatic rings. The molecular formula is C13H16N4S. The molecule has 94 valence electrons. The van der Waals surface area contributed by atoms with E-state index in [1.165, 1.54) is 10.2 Å². The van der Waals surface area contributed by atoms with Crippen LogP contribution in [0.15, 0.2) is 35.7 Å². The Morgan fingerprint density at radius 3 is 2.44 bits per heavy atom. The first-order valence-corrected chi connectivity index (χ1v) is 6.14. The minimum atomic E-state index is 0.169. The zero-order valence-corrected chi connectivity index (χ0v) is 11.5. The number of aromatic nitrogens is 3. The van der Waals surface area contributed by atoms with E-state index in [0.717, 1.165) is 5.56 Å². The molecule has 0 amide bonds. The molecule has 0 aliphatic carbocycles. The van der Waals surface area contributed by atoms with Gasteiger partial charge in [0.1, 0.15) is 6.33 Å². The first kappa shape index (κ1) is 12.7. The summed E-state index contributed by atoms with van der Waals surface area (Å²) in [5.41, 5.74) is 2.51. The van der Waals surface area contributed by atoms with E-state index < -0.39 is 0 Å². The van der Waals surface area contributed by atoms with E-state index in [-0.39, 0.29) is 5.41 Å². The molecule has 0 spiro atoms. The topological polar surface area (TPSA) is 46.0 Å². The van der Waals surface area contributed by atoms with Crippen LogP contribution in [-0.4, -0.2) is 21.1 Å². The van der Waals surface area contributed by atoms with Crippen LogP contribution in [0.4, 0.5) is 0 Å². The molecule has 4 nitrogen and oxygen atoms in total. The fourth-order valence-corrected chi connectivity index (χ4v) is 1.67. The summed E-state index contributed by atoms with van der Waals surface area (Å²) >= 11 is 5.00. The minimum Gasteiger partial charge on any atom is -0.250 e. The first-order valence-electron chi connectivity index (χ1n) is 5.74. The van der Waals surface area contributed by atoms with E-state index in [1.807, 2.05) is 12.1 Å². The molecule has 1 N–H and O–H groups in total. The molecule has 2 aromatic rings. The van der Waals surface area contributed by atoms with Gasteiger partial charge in [0.15, 0.2) is 0 Å². The molecule has 0 fully saturated rings. The van der Waals surface area contributed by atoms with Gasteiger partial charge in [-0.2, -0.15) is 14.9 Å². The summed E-state index contributed by atoms with van der Waals surface area (Å²) in [7, 11) is 0. The largest absolute Gasteiger partial charge is 0.250 e. The average molecular weight is 260 g/mol. The minimum absolute atomic E-state index is 0.169. The van der Waals surface area contributed by atoms with Crippen LogP contribution in [0.2, 0.25) is 0 Å². The summed E-state index contributed by atoms with van der Waals surface area (Å²) in [5.74, 6) is 0. The fraction of sp³-hybridized carbons (Fsp3) is 0.308. The number of rotatable bonds is 2. The molecule has 0 aliphatic heterocycles. The molecule has 1 aromatic heterocycles. The number of nitrogens with zero attached hydrogens (tertiary/aromatic N) is 3. The van der Waals surface area contributed by atoms with Gasteiger partial charge in [0.25, 0.3) is 0 Å². The average Bonchev–Trinajstić information content (AvgIpc) is 2.72. The van der Waals surface area contributed by atoms with Crippen LogP contribution in [0.5, 0.6) is 0 Å². The molecule has 5 heteroatoms. The van der Waals surface area contributed by atoms with Gasteiger partial charge < -0.3 is 0 Å². The summed E-state index contributed by atoms with van der Waals surface area (Å²) in [6.45, 7) is 6.59. The molecule has 0 unspecified atom stereocenters. The van der Waals surface area contributed by atoms with Crippen LogP contribution in [-0.2, 0) is 5.41 Å². The molecule has 0 radical (unpaired) electrons. The molecule has 0 bridgehead atoms. The number of benzene rings is 1. The Hall–Kier alpha value is -1.75. The van der Waals surface area contributed by atoms with Gasteiger partial charge in [0.05, 0.1) is 6.21 Å². The summed E-state index contributed by atoms with van der Waals surface area (Å²) < 4.78 is 2.00. The smallest absolute Gasteiger partial charge is 0.216 e. The van der Waals surface area contributed by atoms with Crippen molar-refractivity contribution in [2.45, 2.75) is 26.2 Å². The Kier molecular flexibility index (Phi) is 3.43. The second kappa shape index (κ2) is 4.86. The molecule has 0 saturated carbocycles. The van der Waals surface area contributed by atoms with Crippen molar-refractivity contribution in [2.24, 2.45) is 5.10 Å². The second-order valence-electron chi connectivity index (χ2n) is 5.12. The normalized spacial score (nSPS) is 12.2. The lowest BCUT2D eigenvalue weighted by atomic mass is 9.87. The van der Waals surface area contributed by atoms with E-state index >= 15 is 0 Å². The molecule has 2 rings (SSSR count). The van der Waals surface area contributed by atoms with E-state index in [4.69, 9.17) is 12.2 Å². The fourth-order valence-electron chi connectivity index (χ4n) is 1.52.